The molecule has 0 aliphatic carbocycles. The number of benzene rings is 3. The second kappa shape index (κ2) is 6.34. The SMILES string of the molecule is Clc1ccc(-c2cc(-c3ccccc3)n(-c3ccccc3)n2)cc1. The molecule has 0 N–H and O–H groups in total. The van der Waals surface area contributed by atoms with E-state index < -0.39 is 0 Å². The number of hydrogen-bond acceptors (Lipinski definition) is 1. The summed E-state index contributed by atoms with van der Waals surface area (Å²) in [6.45, 7) is 0. The highest BCUT2D eigenvalue weighted by atomic mass is 35.5. The molecule has 3 aromatic carbocycles. The van der Waals surface area contributed by atoms with E-state index in [9.17, 15) is 0 Å². The lowest BCUT2D eigenvalue weighted by Crippen LogP contribution is -1.98. The maximum absolute atomic E-state index is 6.00. The zero-order valence-electron chi connectivity index (χ0n) is 12.9. The Bertz CT molecular complexity index is 885. The van der Waals surface area contributed by atoms with Crippen LogP contribution in [0.2, 0.25) is 5.02 Å². The average molecular weight is 331 g/mol. The van der Waals surface area contributed by atoms with Crippen LogP contribution in [0, 0.1) is 0 Å². The highest BCUT2D eigenvalue weighted by Gasteiger charge is 2.12. The lowest BCUT2D eigenvalue weighted by Gasteiger charge is -2.07. The molecule has 0 fully saturated rings. The number of halogens is 1. The van der Waals surface area contributed by atoms with E-state index in [0.717, 1.165) is 33.2 Å². The Morgan fingerprint density at radius 2 is 1.29 bits per heavy atom. The minimum Gasteiger partial charge on any atom is -0.232 e. The molecule has 0 saturated heterocycles. The van der Waals surface area contributed by atoms with Gasteiger partial charge < -0.3 is 0 Å². The van der Waals surface area contributed by atoms with Crippen molar-refractivity contribution in [2.24, 2.45) is 0 Å². The molecule has 4 rings (SSSR count). The molecule has 0 spiro atoms. The quantitative estimate of drug-likeness (QED) is 0.460. The van der Waals surface area contributed by atoms with Crippen LogP contribution in [0.3, 0.4) is 0 Å². The van der Waals surface area contributed by atoms with Crippen LogP contribution in [0.15, 0.2) is 91.0 Å². The van der Waals surface area contributed by atoms with E-state index in [1.165, 1.54) is 0 Å². The highest BCUT2D eigenvalue weighted by Crippen LogP contribution is 2.29. The predicted octanol–water partition coefficient (Wildman–Crippen LogP) is 5.86. The van der Waals surface area contributed by atoms with Crippen molar-refractivity contribution in [2.75, 3.05) is 0 Å². The molecule has 0 saturated carbocycles. The van der Waals surface area contributed by atoms with E-state index in [1.807, 2.05) is 65.3 Å². The van der Waals surface area contributed by atoms with Crippen LogP contribution in [-0.4, -0.2) is 9.78 Å². The van der Waals surface area contributed by atoms with Crippen LogP contribution < -0.4 is 0 Å². The van der Waals surface area contributed by atoms with E-state index in [0.29, 0.717) is 0 Å². The van der Waals surface area contributed by atoms with E-state index in [1.54, 1.807) is 0 Å². The van der Waals surface area contributed by atoms with Crippen LogP contribution in [-0.2, 0) is 0 Å². The summed E-state index contributed by atoms with van der Waals surface area (Å²) in [4.78, 5) is 0. The van der Waals surface area contributed by atoms with Crippen LogP contribution in [0.25, 0.3) is 28.2 Å². The molecule has 24 heavy (non-hydrogen) atoms. The second-order valence-corrected chi connectivity index (χ2v) is 5.97. The van der Waals surface area contributed by atoms with Gasteiger partial charge in [-0.15, -0.1) is 0 Å². The van der Waals surface area contributed by atoms with Gasteiger partial charge in [0.15, 0.2) is 0 Å². The van der Waals surface area contributed by atoms with Gasteiger partial charge in [-0.2, -0.15) is 5.10 Å². The van der Waals surface area contributed by atoms with Gasteiger partial charge in [0.05, 0.1) is 17.1 Å². The molecule has 2 nitrogen and oxygen atoms in total. The topological polar surface area (TPSA) is 17.8 Å². The minimum atomic E-state index is 0.726. The van der Waals surface area contributed by atoms with Gasteiger partial charge in [0, 0.05) is 16.1 Å². The van der Waals surface area contributed by atoms with Gasteiger partial charge in [-0.05, 0) is 30.3 Å². The van der Waals surface area contributed by atoms with Gasteiger partial charge in [0.25, 0.3) is 0 Å². The van der Waals surface area contributed by atoms with E-state index in [-0.39, 0.29) is 0 Å². The minimum absolute atomic E-state index is 0.726. The maximum Gasteiger partial charge on any atom is 0.0934 e. The fourth-order valence-electron chi connectivity index (χ4n) is 2.72. The smallest absolute Gasteiger partial charge is 0.0934 e. The van der Waals surface area contributed by atoms with Gasteiger partial charge in [0.2, 0.25) is 0 Å². The van der Waals surface area contributed by atoms with Crippen molar-refractivity contribution in [3.63, 3.8) is 0 Å². The molecule has 116 valence electrons. The van der Waals surface area contributed by atoms with Gasteiger partial charge in [-0.1, -0.05) is 72.3 Å². The van der Waals surface area contributed by atoms with Crippen molar-refractivity contribution in [3.8, 4) is 28.2 Å². The largest absolute Gasteiger partial charge is 0.232 e. The standard InChI is InChI=1S/C21H15ClN2/c22-18-13-11-16(12-14-18)20-15-21(17-7-3-1-4-8-17)24(23-20)19-9-5-2-6-10-19/h1-15H. The van der Waals surface area contributed by atoms with Crippen molar-refractivity contribution in [1.29, 1.82) is 0 Å². The fourth-order valence-corrected chi connectivity index (χ4v) is 2.85. The third-order valence-electron chi connectivity index (χ3n) is 3.92. The van der Waals surface area contributed by atoms with Crippen LogP contribution >= 0.6 is 11.6 Å². The Morgan fingerprint density at radius 3 is 1.96 bits per heavy atom. The zero-order chi connectivity index (χ0) is 16.4. The van der Waals surface area contributed by atoms with Crippen molar-refractivity contribution in [3.05, 3.63) is 96.0 Å². The summed E-state index contributed by atoms with van der Waals surface area (Å²) in [6.07, 6.45) is 0. The zero-order valence-corrected chi connectivity index (χ0v) is 13.7. The Labute approximate surface area is 146 Å². The Kier molecular flexibility index (Phi) is 3.89. The second-order valence-electron chi connectivity index (χ2n) is 5.54. The lowest BCUT2D eigenvalue weighted by atomic mass is 10.1. The molecule has 0 unspecified atom stereocenters. The molecule has 0 amide bonds. The first kappa shape index (κ1) is 14.7. The first-order valence-corrected chi connectivity index (χ1v) is 8.16. The van der Waals surface area contributed by atoms with Crippen LogP contribution in [0.4, 0.5) is 0 Å². The van der Waals surface area contributed by atoms with Crippen molar-refractivity contribution >= 4 is 11.6 Å². The molecule has 0 atom stereocenters. The molecule has 0 aliphatic heterocycles. The number of hydrogen-bond donors (Lipinski definition) is 0. The molecule has 1 aromatic heterocycles. The highest BCUT2D eigenvalue weighted by molar-refractivity contribution is 6.30. The molecular weight excluding hydrogens is 316 g/mol. The average Bonchev–Trinajstić information content (AvgIpc) is 3.09. The summed E-state index contributed by atoms with van der Waals surface area (Å²) in [7, 11) is 0. The van der Waals surface area contributed by atoms with Crippen molar-refractivity contribution < 1.29 is 0 Å². The third-order valence-corrected chi connectivity index (χ3v) is 4.17. The number of nitrogens with zero attached hydrogens (tertiary/aromatic N) is 2. The first-order valence-electron chi connectivity index (χ1n) is 7.78. The first-order chi connectivity index (χ1) is 11.8. The van der Waals surface area contributed by atoms with Gasteiger partial charge in [-0.25, -0.2) is 4.68 Å². The van der Waals surface area contributed by atoms with Crippen LogP contribution in [0.5, 0.6) is 0 Å². The Hall–Kier alpha value is -2.84. The molecule has 1 heterocycles. The van der Waals surface area contributed by atoms with Crippen molar-refractivity contribution in [1.82, 2.24) is 9.78 Å². The summed E-state index contributed by atoms with van der Waals surface area (Å²) in [6, 6.07) is 30.4. The monoisotopic (exact) mass is 330 g/mol. The predicted molar refractivity (Wildman–Crippen MR) is 99.4 cm³/mol. The fraction of sp³-hybridized carbons (Fsp3) is 0. The number of rotatable bonds is 3. The van der Waals surface area contributed by atoms with Crippen LogP contribution in [0.1, 0.15) is 0 Å². The third kappa shape index (κ3) is 2.84. The van der Waals surface area contributed by atoms with E-state index in [4.69, 9.17) is 16.7 Å². The molecule has 3 heteroatoms. The number of para-hydroxylation sites is 1. The van der Waals surface area contributed by atoms with Gasteiger partial charge >= 0.3 is 0 Å². The number of aromatic nitrogens is 2. The van der Waals surface area contributed by atoms with Gasteiger partial charge in [0.1, 0.15) is 0 Å². The maximum atomic E-state index is 6.00. The molecule has 0 aliphatic rings. The van der Waals surface area contributed by atoms with E-state index in [2.05, 4.69) is 30.3 Å². The Morgan fingerprint density at radius 1 is 0.667 bits per heavy atom. The normalized spacial score (nSPS) is 10.7. The molecule has 0 radical (unpaired) electrons. The lowest BCUT2D eigenvalue weighted by molar-refractivity contribution is 0.892. The Balaban J connectivity index is 1.89. The van der Waals surface area contributed by atoms with Crippen molar-refractivity contribution in [2.45, 2.75) is 0 Å². The van der Waals surface area contributed by atoms with E-state index >= 15 is 0 Å². The summed E-state index contributed by atoms with van der Waals surface area (Å²) in [5.74, 6) is 0. The summed E-state index contributed by atoms with van der Waals surface area (Å²) >= 11 is 6.00. The molecule has 4 aromatic rings. The molecular formula is C21H15ClN2. The summed E-state index contributed by atoms with van der Waals surface area (Å²) < 4.78 is 1.99. The summed E-state index contributed by atoms with van der Waals surface area (Å²) in [5, 5.41) is 5.56. The van der Waals surface area contributed by atoms with Gasteiger partial charge in [-0.3, -0.25) is 0 Å². The molecule has 0 bridgehead atoms. The summed E-state index contributed by atoms with van der Waals surface area (Å²) in [5.41, 5.74) is 5.21.